The van der Waals surface area contributed by atoms with Gasteiger partial charge in [-0.25, -0.2) is 0 Å². The van der Waals surface area contributed by atoms with Gasteiger partial charge in [0.15, 0.2) is 0 Å². The number of benzene rings is 2. The van der Waals surface area contributed by atoms with Crippen LogP contribution in [0.5, 0.6) is 5.75 Å². The number of nitro groups is 1. The predicted molar refractivity (Wildman–Crippen MR) is 108 cm³/mol. The van der Waals surface area contributed by atoms with Crippen LogP contribution in [0, 0.1) is 24.0 Å². The van der Waals surface area contributed by atoms with E-state index >= 15 is 0 Å². The first kappa shape index (κ1) is 17.9. The second-order valence-electron chi connectivity index (χ2n) is 7.75. The van der Waals surface area contributed by atoms with Crippen LogP contribution in [-0.4, -0.2) is 17.7 Å². The molecule has 2 heterocycles. The Hall–Kier alpha value is -2.53. The Morgan fingerprint density at radius 1 is 1.19 bits per heavy atom. The summed E-state index contributed by atoms with van der Waals surface area (Å²) in [5.41, 5.74) is 2.75. The molecule has 2 aliphatic rings. The van der Waals surface area contributed by atoms with Crippen LogP contribution in [0.1, 0.15) is 36.1 Å². The molecule has 0 aromatic heterocycles. The van der Waals surface area contributed by atoms with Crippen LogP contribution in [0.3, 0.4) is 0 Å². The fraction of sp³-hybridized carbons (Fsp3) is 0.333. The lowest BCUT2D eigenvalue weighted by atomic mass is 9.76. The highest BCUT2D eigenvalue weighted by atomic mass is 35.5. The molecule has 0 saturated heterocycles. The molecular weight excluding hydrogens is 364 g/mol. The number of hydrogen-bond acceptors (Lipinski definition) is 4. The molecule has 2 aromatic carbocycles. The molecule has 4 rings (SSSR count). The van der Waals surface area contributed by atoms with Crippen LogP contribution in [0.2, 0.25) is 5.02 Å². The van der Waals surface area contributed by atoms with E-state index in [0.29, 0.717) is 16.1 Å². The summed E-state index contributed by atoms with van der Waals surface area (Å²) in [6, 6.07) is 8.12. The molecule has 0 saturated carbocycles. The van der Waals surface area contributed by atoms with Gasteiger partial charge in [0.05, 0.1) is 15.4 Å². The molecule has 0 fully saturated rings. The molecule has 1 atom stereocenters. The zero-order chi connectivity index (χ0) is 19.7. The van der Waals surface area contributed by atoms with E-state index in [9.17, 15) is 10.1 Å². The van der Waals surface area contributed by atoms with Gasteiger partial charge in [-0.3, -0.25) is 10.1 Å². The summed E-state index contributed by atoms with van der Waals surface area (Å²) in [5.74, 6) is 0.287. The lowest BCUT2D eigenvalue weighted by Crippen LogP contribution is -2.58. The van der Waals surface area contributed by atoms with Crippen molar-refractivity contribution >= 4 is 29.1 Å². The second-order valence-corrected chi connectivity index (χ2v) is 8.12. The maximum Gasteiger partial charge on any atom is 0.316 e. The molecule has 1 unspecified atom stereocenters. The van der Waals surface area contributed by atoms with Gasteiger partial charge < -0.3 is 9.64 Å². The van der Waals surface area contributed by atoms with Crippen molar-refractivity contribution in [1.29, 1.82) is 0 Å². The first-order valence-electron chi connectivity index (χ1n) is 8.82. The number of hydrogen-bond donors (Lipinski definition) is 0. The van der Waals surface area contributed by atoms with E-state index in [2.05, 4.69) is 24.8 Å². The highest BCUT2D eigenvalue weighted by Gasteiger charge is 2.58. The van der Waals surface area contributed by atoms with Gasteiger partial charge >= 0.3 is 5.69 Å². The molecule has 6 heteroatoms. The molecule has 0 bridgehead atoms. The summed E-state index contributed by atoms with van der Waals surface area (Å²) < 4.78 is 6.54. The third kappa shape index (κ3) is 2.06. The topological polar surface area (TPSA) is 55.6 Å². The number of fused-ring (bicyclic) bond motifs is 2. The van der Waals surface area contributed by atoms with Crippen molar-refractivity contribution < 1.29 is 9.66 Å². The quantitative estimate of drug-likeness (QED) is 0.488. The first-order chi connectivity index (χ1) is 12.6. The molecule has 0 amide bonds. The zero-order valence-corrected chi connectivity index (χ0v) is 16.7. The molecule has 0 aliphatic carbocycles. The normalized spacial score (nSPS) is 21.8. The molecule has 5 nitrogen and oxygen atoms in total. The van der Waals surface area contributed by atoms with Crippen molar-refractivity contribution in [2.24, 2.45) is 0 Å². The molecular formula is C21H21ClN2O3. The highest BCUT2D eigenvalue weighted by Crippen LogP contribution is 2.56. The summed E-state index contributed by atoms with van der Waals surface area (Å²) in [6.07, 6.45) is 3.91. The van der Waals surface area contributed by atoms with Gasteiger partial charge in [0, 0.05) is 23.9 Å². The Kier molecular flexibility index (Phi) is 3.63. The average molecular weight is 385 g/mol. The summed E-state index contributed by atoms with van der Waals surface area (Å²) >= 11 is 6.37. The largest absolute Gasteiger partial charge is 0.456 e. The molecule has 2 aliphatic heterocycles. The number of ether oxygens (including phenoxy) is 1. The van der Waals surface area contributed by atoms with E-state index < -0.39 is 16.1 Å². The van der Waals surface area contributed by atoms with E-state index in [1.807, 2.05) is 44.3 Å². The fourth-order valence-corrected chi connectivity index (χ4v) is 4.67. The van der Waals surface area contributed by atoms with Crippen molar-refractivity contribution in [3.63, 3.8) is 0 Å². The number of nitrogens with zero attached hydrogens (tertiary/aromatic N) is 2. The third-order valence-electron chi connectivity index (χ3n) is 6.13. The van der Waals surface area contributed by atoms with Crippen LogP contribution in [0.15, 0.2) is 30.3 Å². The molecule has 0 N–H and O–H groups in total. The van der Waals surface area contributed by atoms with Gasteiger partial charge in [-0.1, -0.05) is 29.8 Å². The van der Waals surface area contributed by atoms with Gasteiger partial charge in [-0.15, -0.1) is 0 Å². The SMILES string of the molecule is Cc1c(Cl)c(C)c([N+](=O)[O-])c2c1C=CC1(O2)N(C)c2ccccc2C1(C)C. The number of rotatable bonds is 1. The number of anilines is 1. The summed E-state index contributed by atoms with van der Waals surface area (Å²) in [4.78, 5) is 13.5. The number of halogens is 1. The Bertz CT molecular complexity index is 1030. The van der Waals surface area contributed by atoms with Gasteiger partial charge in [0.2, 0.25) is 11.5 Å². The van der Waals surface area contributed by atoms with E-state index in [1.165, 1.54) is 0 Å². The van der Waals surface area contributed by atoms with Crippen LogP contribution in [0.4, 0.5) is 11.4 Å². The Labute approximate surface area is 163 Å². The van der Waals surface area contributed by atoms with Crippen molar-refractivity contribution in [1.82, 2.24) is 0 Å². The molecule has 140 valence electrons. The molecule has 1 spiro atoms. The lowest BCUT2D eigenvalue weighted by Gasteiger charge is -2.45. The Balaban J connectivity index is 1.99. The third-order valence-corrected chi connectivity index (χ3v) is 6.69. The van der Waals surface area contributed by atoms with Crippen LogP contribution < -0.4 is 9.64 Å². The van der Waals surface area contributed by atoms with Crippen molar-refractivity contribution in [3.8, 4) is 5.75 Å². The number of para-hydroxylation sites is 1. The van der Waals surface area contributed by atoms with E-state index in [4.69, 9.17) is 16.3 Å². The molecule has 2 aromatic rings. The smallest absolute Gasteiger partial charge is 0.316 e. The maximum absolute atomic E-state index is 11.9. The fourth-order valence-electron chi connectivity index (χ4n) is 4.48. The van der Waals surface area contributed by atoms with E-state index in [1.54, 1.807) is 6.92 Å². The lowest BCUT2D eigenvalue weighted by molar-refractivity contribution is -0.386. The minimum absolute atomic E-state index is 0.0653. The van der Waals surface area contributed by atoms with E-state index in [0.717, 1.165) is 16.8 Å². The summed E-state index contributed by atoms with van der Waals surface area (Å²) in [5, 5.41) is 12.3. The Morgan fingerprint density at radius 3 is 2.48 bits per heavy atom. The van der Waals surface area contributed by atoms with Crippen molar-refractivity contribution in [3.05, 3.63) is 67.7 Å². The molecule has 27 heavy (non-hydrogen) atoms. The van der Waals surface area contributed by atoms with Crippen LogP contribution in [-0.2, 0) is 5.41 Å². The van der Waals surface area contributed by atoms with Gasteiger partial charge in [-0.2, -0.15) is 0 Å². The summed E-state index contributed by atoms with van der Waals surface area (Å²) in [7, 11) is 1.96. The van der Waals surface area contributed by atoms with Gasteiger partial charge in [-0.05, 0) is 57.0 Å². The minimum atomic E-state index is -0.860. The first-order valence-corrected chi connectivity index (χ1v) is 9.20. The average Bonchev–Trinajstić information content (AvgIpc) is 2.79. The Morgan fingerprint density at radius 2 is 1.85 bits per heavy atom. The predicted octanol–water partition coefficient (Wildman–Crippen LogP) is 5.39. The zero-order valence-electron chi connectivity index (χ0n) is 16.0. The van der Waals surface area contributed by atoms with Crippen LogP contribution >= 0.6 is 11.6 Å². The highest BCUT2D eigenvalue weighted by molar-refractivity contribution is 6.32. The van der Waals surface area contributed by atoms with E-state index in [-0.39, 0.29) is 11.4 Å². The minimum Gasteiger partial charge on any atom is -0.456 e. The summed E-state index contributed by atoms with van der Waals surface area (Å²) in [6.45, 7) is 7.74. The van der Waals surface area contributed by atoms with Crippen molar-refractivity contribution in [2.45, 2.75) is 38.8 Å². The van der Waals surface area contributed by atoms with Gasteiger partial charge in [0.25, 0.3) is 0 Å². The van der Waals surface area contributed by atoms with Gasteiger partial charge in [0.1, 0.15) is 0 Å². The second kappa shape index (κ2) is 5.49. The van der Waals surface area contributed by atoms with Crippen molar-refractivity contribution in [2.75, 3.05) is 11.9 Å². The maximum atomic E-state index is 11.9. The number of likely N-dealkylation sites (N-methyl/N-ethyl adjacent to an activating group) is 1. The van der Waals surface area contributed by atoms with Crippen LogP contribution in [0.25, 0.3) is 6.08 Å². The number of nitro benzene ring substituents is 1. The molecule has 0 radical (unpaired) electrons. The monoisotopic (exact) mass is 384 g/mol. The standard InChI is InChI=1S/C21H21ClN2O3/c1-12-14-10-11-21(27-19(14)18(24(25)26)13(2)17(12)22)20(3,4)15-8-6-7-9-16(15)23(21)5/h6-11H,1-5H3.